The molecule has 1 amide bonds. The molecule has 0 aliphatic rings. The summed E-state index contributed by atoms with van der Waals surface area (Å²) < 4.78 is 5.11. The third-order valence-corrected chi connectivity index (χ3v) is 2.80. The highest BCUT2D eigenvalue weighted by molar-refractivity contribution is 5.79. The van der Waals surface area contributed by atoms with Crippen LogP contribution in [0.25, 0.3) is 0 Å². The van der Waals surface area contributed by atoms with Gasteiger partial charge in [-0.05, 0) is 31.0 Å². The van der Waals surface area contributed by atoms with E-state index in [4.69, 9.17) is 10.5 Å². The molecule has 4 nitrogen and oxygen atoms in total. The summed E-state index contributed by atoms with van der Waals surface area (Å²) in [5, 5.41) is 3.20. The fraction of sp³-hybridized carbons (Fsp3) is 0.462. The smallest absolute Gasteiger partial charge is 0.234 e. The van der Waals surface area contributed by atoms with E-state index in [0.29, 0.717) is 0 Å². The molecular weight excluding hydrogens is 216 g/mol. The van der Waals surface area contributed by atoms with Gasteiger partial charge in [0.25, 0.3) is 0 Å². The Kier molecular flexibility index (Phi) is 4.97. The van der Waals surface area contributed by atoms with Crippen molar-refractivity contribution >= 4 is 5.91 Å². The van der Waals surface area contributed by atoms with E-state index in [9.17, 15) is 4.79 Å². The second-order valence-corrected chi connectivity index (χ2v) is 4.02. The van der Waals surface area contributed by atoms with E-state index in [1.807, 2.05) is 24.3 Å². The van der Waals surface area contributed by atoms with Crippen LogP contribution < -0.4 is 15.8 Å². The van der Waals surface area contributed by atoms with Gasteiger partial charge in [0.15, 0.2) is 0 Å². The standard InChI is InChI=1S/C13H20N2O2/c1-4-12(15-9(2)13(14)16)10-5-7-11(17-3)8-6-10/h5-9,12,15H,4H2,1-3H3,(H2,14,16)/t9-,12-/m0/s1. The second-order valence-electron chi connectivity index (χ2n) is 4.02. The van der Waals surface area contributed by atoms with Crippen molar-refractivity contribution in [2.24, 2.45) is 5.73 Å². The quantitative estimate of drug-likeness (QED) is 0.788. The lowest BCUT2D eigenvalue weighted by atomic mass is 10.0. The zero-order valence-electron chi connectivity index (χ0n) is 10.6. The van der Waals surface area contributed by atoms with Crippen LogP contribution in [0.3, 0.4) is 0 Å². The molecule has 0 aromatic heterocycles. The van der Waals surface area contributed by atoms with Crippen molar-refractivity contribution < 1.29 is 9.53 Å². The Morgan fingerprint density at radius 3 is 2.41 bits per heavy atom. The molecule has 17 heavy (non-hydrogen) atoms. The summed E-state index contributed by atoms with van der Waals surface area (Å²) >= 11 is 0. The number of carbonyl (C=O) groups is 1. The van der Waals surface area contributed by atoms with E-state index < -0.39 is 0 Å². The van der Waals surface area contributed by atoms with Gasteiger partial charge in [0.2, 0.25) is 5.91 Å². The monoisotopic (exact) mass is 236 g/mol. The predicted octanol–water partition coefficient (Wildman–Crippen LogP) is 1.61. The Labute approximate surface area is 102 Å². The molecule has 0 saturated carbocycles. The molecule has 1 rings (SSSR count). The number of primary amides is 1. The van der Waals surface area contributed by atoms with Crippen molar-refractivity contribution in [3.8, 4) is 5.75 Å². The van der Waals surface area contributed by atoms with Gasteiger partial charge in [-0.2, -0.15) is 0 Å². The number of hydrogen-bond donors (Lipinski definition) is 2. The summed E-state index contributed by atoms with van der Waals surface area (Å²) in [7, 11) is 1.64. The number of methoxy groups -OCH3 is 1. The van der Waals surface area contributed by atoms with Gasteiger partial charge in [-0.1, -0.05) is 19.1 Å². The number of amides is 1. The van der Waals surface area contributed by atoms with Crippen LogP contribution in [0, 0.1) is 0 Å². The third-order valence-electron chi connectivity index (χ3n) is 2.80. The van der Waals surface area contributed by atoms with Crippen LogP contribution in [0.5, 0.6) is 5.75 Å². The van der Waals surface area contributed by atoms with Gasteiger partial charge in [-0.3, -0.25) is 10.1 Å². The summed E-state index contributed by atoms with van der Waals surface area (Å²) in [5.41, 5.74) is 6.37. The van der Waals surface area contributed by atoms with E-state index in [0.717, 1.165) is 17.7 Å². The lowest BCUT2D eigenvalue weighted by molar-refractivity contribution is -0.119. The van der Waals surface area contributed by atoms with Crippen molar-refractivity contribution in [3.63, 3.8) is 0 Å². The summed E-state index contributed by atoms with van der Waals surface area (Å²) in [4.78, 5) is 11.0. The van der Waals surface area contributed by atoms with Gasteiger partial charge in [-0.25, -0.2) is 0 Å². The molecular formula is C13H20N2O2. The van der Waals surface area contributed by atoms with Crippen LogP contribution in [0.1, 0.15) is 31.9 Å². The lowest BCUT2D eigenvalue weighted by Crippen LogP contribution is -2.40. The van der Waals surface area contributed by atoms with Gasteiger partial charge in [0, 0.05) is 6.04 Å². The molecule has 0 heterocycles. The maximum Gasteiger partial charge on any atom is 0.234 e. The number of rotatable bonds is 6. The highest BCUT2D eigenvalue weighted by atomic mass is 16.5. The maximum absolute atomic E-state index is 11.0. The van der Waals surface area contributed by atoms with Crippen LogP contribution in [-0.2, 0) is 4.79 Å². The molecule has 0 saturated heterocycles. The summed E-state index contributed by atoms with van der Waals surface area (Å²) in [5.74, 6) is 0.489. The van der Waals surface area contributed by atoms with Crippen LogP contribution >= 0.6 is 0 Å². The van der Waals surface area contributed by atoms with Gasteiger partial charge in [0.1, 0.15) is 5.75 Å². The first kappa shape index (κ1) is 13.5. The number of benzene rings is 1. The van der Waals surface area contributed by atoms with E-state index in [2.05, 4.69) is 12.2 Å². The summed E-state index contributed by atoms with van der Waals surface area (Å²) in [6, 6.07) is 7.61. The van der Waals surface area contributed by atoms with E-state index >= 15 is 0 Å². The first-order valence-corrected chi connectivity index (χ1v) is 5.77. The van der Waals surface area contributed by atoms with Gasteiger partial charge in [-0.15, -0.1) is 0 Å². The number of carbonyl (C=O) groups excluding carboxylic acids is 1. The SMILES string of the molecule is CC[C@H](N[C@@H](C)C(N)=O)c1ccc(OC)cc1. The minimum absolute atomic E-state index is 0.128. The Morgan fingerprint density at radius 1 is 1.41 bits per heavy atom. The Balaban J connectivity index is 2.75. The van der Waals surface area contributed by atoms with Crippen LogP contribution in [0.2, 0.25) is 0 Å². The molecule has 0 aliphatic carbocycles. The molecule has 0 fully saturated rings. The second kappa shape index (κ2) is 6.25. The Bertz CT molecular complexity index is 362. The Morgan fingerprint density at radius 2 is 2.00 bits per heavy atom. The van der Waals surface area contributed by atoms with Crippen LogP contribution in [0.15, 0.2) is 24.3 Å². The molecule has 3 N–H and O–H groups in total. The largest absolute Gasteiger partial charge is 0.497 e. The van der Waals surface area contributed by atoms with Crippen LogP contribution in [-0.4, -0.2) is 19.1 Å². The summed E-state index contributed by atoms with van der Waals surface area (Å²) in [6.07, 6.45) is 0.893. The van der Waals surface area contributed by atoms with Gasteiger partial charge < -0.3 is 10.5 Å². The number of hydrogen-bond acceptors (Lipinski definition) is 3. The molecule has 94 valence electrons. The number of nitrogens with one attached hydrogen (secondary N) is 1. The number of ether oxygens (including phenoxy) is 1. The highest BCUT2D eigenvalue weighted by Gasteiger charge is 2.15. The fourth-order valence-corrected chi connectivity index (χ4v) is 1.67. The predicted molar refractivity (Wildman–Crippen MR) is 67.8 cm³/mol. The van der Waals surface area contributed by atoms with Crippen molar-refractivity contribution in [3.05, 3.63) is 29.8 Å². The molecule has 0 bridgehead atoms. The molecule has 1 aromatic rings. The fourth-order valence-electron chi connectivity index (χ4n) is 1.67. The number of nitrogens with two attached hydrogens (primary N) is 1. The van der Waals surface area contributed by atoms with Crippen LogP contribution in [0.4, 0.5) is 0 Å². The van der Waals surface area contributed by atoms with Crippen molar-refractivity contribution in [1.29, 1.82) is 0 Å². The zero-order valence-corrected chi connectivity index (χ0v) is 10.6. The average molecular weight is 236 g/mol. The molecule has 1 aromatic carbocycles. The van der Waals surface area contributed by atoms with Gasteiger partial charge >= 0.3 is 0 Å². The normalized spacial score (nSPS) is 14.1. The maximum atomic E-state index is 11.0. The van der Waals surface area contributed by atoms with E-state index in [1.165, 1.54) is 0 Å². The highest BCUT2D eigenvalue weighted by Crippen LogP contribution is 2.20. The van der Waals surface area contributed by atoms with Crippen molar-refractivity contribution in [2.75, 3.05) is 7.11 Å². The molecule has 0 unspecified atom stereocenters. The topological polar surface area (TPSA) is 64.3 Å². The average Bonchev–Trinajstić information content (AvgIpc) is 2.35. The first-order chi connectivity index (χ1) is 8.08. The Hall–Kier alpha value is -1.55. The molecule has 0 spiro atoms. The first-order valence-electron chi connectivity index (χ1n) is 5.77. The molecule has 4 heteroatoms. The third kappa shape index (κ3) is 3.75. The molecule has 2 atom stereocenters. The molecule has 0 radical (unpaired) electrons. The molecule has 0 aliphatic heterocycles. The summed E-state index contributed by atoms with van der Waals surface area (Å²) in [6.45, 7) is 3.84. The van der Waals surface area contributed by atoms with E-state index in [1.54, 1.807) is 14.0 Å². The van der Waals surface area contributed by atoms with Crippen molar-refractivity contribution in [2.45, 2.75) is 32.4 Å². The lowest BCUT2D eigenvalue weighted by Gasteiger charge is -2.21. The van der Waals surface area contributed by atoms with E-state index in [-0.39, 0.29) is 18.0 Å². The zero-order chi connectivity index (χ0) is 12.8. The van der Waals surface area contributed by atoms with Gasteiger partial charge in [0.05, 0.1) is 13.2 Å². The van der Waals surface area contributed by atoms with Crippen molar-refractivity contribution in [1.82, 2.24) is 5.32 Å². The minimum Gasteiger partial charge on any atom is -0.497 e. The minimum atomic E-state index is -0.336.